The molecule has 1 saturated carbocycles. The number of carbonyl (C=O) groups is 1. The van der Waals surface area contributed by atoms with Crippen molar-refractivity contribution < 1.29 is 22.1 Å². The topological polar surface area (TPSA) is 81.7 Å². The lowest BCUT2D eigenvalue weighted by atomic mass is 10.2. The lowest BCUT2D eigenvalue weighted by Gasteiger charge is -2.17. The predicted molar refractivity (Wildman–Crippen MR) is 81.0 cm³/mol. The molecule has 1 N–H and O–H groups in total. The van der Waals surface area contributed by atoms with E-state index in [0.717, 1.165) is 5.56 Å². The fourth-order valence-electron chi connectivity index (χ4n) is 1.81. The molecule has 0 bridgehead atoms. The van der Waals surface area contributed by atoms with Crippen molar-refractivity contribution in [2.24, 2.45) is 0 Å². The highest BCUT2D eigenvalue weighted by Crippen LogP contribution is 2.36. The minimum absolute atomic E-state index is 0.100. The van der Waals surface area contributed by atoms with E-state index < -0.39 is 21.8 Å². The van der Waals surface area contributed by atoms with E-state index in [9.17, 15) is 13.2 Å². The lowest BCUT2D eigenvalue weighted by Crippen LogP contribution is -2.41. The number of benzene rings is 1. The molecule has 0 atom stereocenters. The Morgan fingerprint density at radius 3 is 2.55 bits per heavy atom. The third-order valence-corrected chi connectivity index (χ3v) is 4.63. The second-order valence-electron chi connectivity index (χ2n) is 5.32. The second-order valence-corrected chi connectivity index (χ2v) is 6.94. The van der Waals surface area contributed by atoms with E-state index in [2.05, 4.69) is 11.9 Å². The van der Waals surface area contributed by atoms with Gasteiger partial charge < -0.3 is 10.1 Å². The van der Waals surface area contributed by atoms with Gasteiger partial charge in [0.1, 0.15) is 6.61 Å². The molecule has 6 nitrogen and oxygen atoms in total. The molecule has 1 aromatic carbocycles. The molecule has 1 aromatic rings. The Bertz CT molecular complexity index is 647. The Hall–Kier alpha value is -1.86. The third-order valence-electron chi connectivity index (χ3n) is 3.35. The molecule has 0 heterocycles. The van der Waals surface area contributed by atoms with Gasteiger partial charge in [0.25, 0.3) is 10.1 Å². The van der Waals surface area contributed by atoms with Crippen LogP contribution < -0.4 is 5.32 Å². The standard InChI is InChI=1S/C15H19NO5S/c1-3-10-20-14(17)16-15(8-9-15)11-21-22(18,19)13-6-4-12(2)5-7-13/h3-7H,1,8-11H2,2H3,(H,16,17). The molecule has 0 aromatic heterocycles. The number of ether oxygens (including phenoxy) is 1. The minimum atomic E-state index is -3.83. The van der Waals surface area contributed by atoms with E-state index in [-0.39, 0.29) is 18.1 Å². The van der Waals surface area contributed by atoms with Crippen molar-refractivity contribution in [2.75, 3.05) is 13.2 Å². The van der Waals surface area contributed by atoms with Crippen LogP contribution in [-0.2, 0) is 19.0 Å². The van der Waals surface area contributed by atoms with Gasteiger partial charge in [-0.25, -0.2) is 4.79 Å². The summed E-state index contributed by atoms with van der Waals surface area (Å²) in [6.07, 6.45) is 2.16. The molecule has 7 heteroatoms. The van der Waals surface area contributed by atoms with Crippen LogP contribution in [-0.4, -0.2) is 33.3 Å². The van der Waals surface area contributed by atoms with Gasteiger partial charge in [0.15, 0.2) is 0 Å². The largest absolute Gasteiger partial charge is 0.445 e. The van der Waals surface area contributed by atoms with E-state index in [1.807, 2.05) is 6.92 Å². The maximum Gasteiger partial charge on any atom is 0.407 e. The molecular formula is C15H19NO5S. The highest BCUT2D eigenvalue weighted by Gasteiger charge is 2.46. The minimum Gasteiger partial charge on any atom is -0.445 e. The molecule has 1 aliphatic carbocycles. The number of rotatable bonds is 7. The molecule has 2 rings (SSSR count). The molecule has 1 fully saturated rings. The molecule has 1 aliphatic rings. The fraction of sp³-hybridized carbons (Fsp3) is 0.400. The van der Waals surface area contributed by atoms with Crippen LogP contribution in [0, 0.1) is 6.92 Å². The van der Waals surface area contributed by atoms with Crippen LogP contribution in [0.1, 0.15) is 18.4 Å². The quantitative estimate of drug-likeness (QED) is 0.613. The predicted octanol–water partition coefficient (Wildman–Crippen LogP) is 2.15. The first-order valence-corrected chi connectivity index (χ1v) is 8.30. The van der Waals surface area contributed by atoms with Gasteiger partial charge in [-0.05, 0) is 31.9 Å². The van der Waals surface area contributed by atoms with Crippen molar-refractivity contribution in [2.45, 2.75) is 30.2 Å². The average molecular weight is 325 g/mol. The molecule has 1 amide bonds. The monoisotopic (exact) mass is 325 g/mol. The van der Waals surface area contributed by atoms with Gasteiger partial charge in [0.2, 0.25) is 0 Å². The van der Waals surface area contributed by atoms with Gasteiger partial charge in [-0.2, -0.15) is 8.42 Å². The summed E-state index contributed by atoms with van der Waals surface area (Å²) in [5, 5.41) is 2.64. The highest BCUT2D eigenvalue weighted by atomic mass is 32.2. The van der Waals surface area contributed by atoms with Crippen molar-refractivity contribution >= 4 is 16.2 Å². The lowest BCUT2D eigenvalue weighted by molar-refractivity contribution is 0.146. The van der Waals surface area contributed by atoms with Crippen LogP contribution in [0.2, 0.25) is 0 Å². The maximum atomic E-state index is 12.1. The molecule has 0 saturated heterocycles. The summed E-state index contributed by atoms with van der Waals surface area (Å²) < 4.78 is 34.1. The van der Waals surface area contributed by atoms with Crippen LogP contribution in [0.3, 0.4) is 0 Å². The fourth-order valence-corrected chi connectivity index (χ4v) is 2.79. The SMILES string of the molecule is C=CCOC(=O)NC1(COS(=O)(=O)c2ccc(C)cc2)CC1. The van der Waals surface area contributed by atoms with Gasteiger partial charge in [-0.3, -0.25) is 4.18 Å². The Morgan fingerprint density at radius 2 is 2.00 bits per heavy atom. The summed E-state index contributed by atoms with van der Waals surface area (Å²) in [7, 11) is -3.83. The van der Waals surface area contributed by atoms with Crippen LogP contribution in [0.4, 0.5) is 4.79 Å². The average Bonchev–Trinajstić information content (AvgIpc) is 3.24. The van der Waals surface area contributed by atoms with E-state index in [1.165, 1.54) is 18.2 Å². The van der Waals surface area contributed by atoms with Gasteiger partial charge in [0, 0.05) is 0 Å². The van der Waals surface area contributed by atoms with Crippen molar-refractivity contribution in [3.8, 4) is 0 Å². The summed E-state index contributed by atoms with van der Waals surface area (Å²) >= 11 is 0. The summed E-state index contributed by atoms with van der Waals surface area (Å²) in [5.74, 6) is 0. The Morgan fingerprint density at radius 1 is 1.36 bits per heavy atom. The molecule has 0 aliphatic heterocycles. The normalized spacial score (nSPS) is 15.9. The zero-order valence-corrected chi connectivity index (χ0v) is 13.2. The van der Waals surface area contributed by atoms with Gasteiger partial charge in [-0.1, -0.05) is 30.4 Å². The van der Waals surface area contributed by atoms with Gasteiger partial charge in [0.05, 0.1) is 17.0 Å². The second kappa shape index (κ2) is 6.50. The molecule has 0 radical (unpaired) electrons. The summed E-state index contributed by atoms with van der Waals surface area (Å²) in [5.41, 5.74) is 0.306. The van der Waals surface area contributed by atoms with Gasteiger partial charge in [-0.15, -0.1) is 0 Å². The number of carbonyl (C=O) groups excluding carboxylic acids is 1. The number of nitrogens with one attached hydrogen (secondary N) is 1. The van der Waals surface area contributed by atoms with E-state index >= 15 is 0 Å². The number of amides is 1. The molecule has 120 valence electrons. The summed E-state index contributed by atoms with van der Waals surface area (Å²) in [6, 6.07) is 6.40. The van der Waals surface area contributed by atoms with Crippen molar-refractivity contribution in [1.82, 2.24) is 5.32 Å². The number of hydrogen-bond donors (Lipinski definition) is 1. The van der Waals surface area contributed by atoms with E-state index in [0.29, 0.717) is 12.8 Å². The highest BCUT2D eigenvalue weighted by molar-refractivity contribution is 7.86. The Labute approximate surface area is 130 Å². The maximum absolute atomic E-state index is 12.1. The molecule has 0 unspecified atom stereocenters. The van der Waals surface area contributed by atoms with Gasteiger partial charge >= 0.3 is 6.09 Å². The first-order valence-electron chi connectivity index (χ1n) is 6.89. The third kappa shape index (κ3) is 4.32. The molecule has 0 spiro atoms. The van der Waals surface area contributed by atoms with Crippen molar-refractivity contribution in [3.63, 3.8) is 0 Å². The van der Waals surface area contributed by atoms with E-state index in [4.69, 9.17) is 8.92 Å². The molecule has 22 heavy (non-hydrogen) atoms. The van der Waals surface area contributed by atoms with Crippen LogP contribution in [0.25, 0.3) is 0 Å². The van der Waals surface area contributed by atoms with Crippen LogP contribution in [0.15, 0.2) is 41.8 Å². The number of alkyl carbamates (subject to hydrolysis) is 1. The zero-order valence-electron chi connectivity index (χ0n) is 12.4. The number of aryl methyl sites for hydroxylation is 1. The summed E-state index contributed by atoms with van der Waals surface area (Å²) in [4.78, 5) is 11.6. The van der Waals surface area contributed by atoms with E-state index in [1.54, 1.807) is 12.1 Å². The summed E-state index contributed by atoms with van der Waals surface area (Å²) in [6.45, 7) is 5.31. The van der Waals surface area contributed by atoms with Crippen molar-refractivity contribution in [3.05, 3.63) is 42.5 Å². The van der Waals surface area contributed by atoms with Crippen molar-refractivity contribution in [1.29, 1.82) is 0 Å². The first-order chi connectivity index (χ1) is 10.4. The smallest absolute Gasteiger partial charge is 0.407 e. The zero-order chi connectivity index (χ0) is 16.2. The Kier molecular flexibility index (Phi) is 4.87. The Balaban J connectivity index is 1.92. The molecular weight excluding hydrogens is 306 g/mol. The first kappa shape index (κ1) is 16.5. The number of hydrogen-bond acceptors (Lipinski definition) is 5. The van der Waals surface area contributed by atoms with Crippen LogP contribution in [0.5, 0.6) is 0 Å². The van der Waals surface area contributed by atoms with Crippen LogP contribution >= 0.6 is 0 Å².